The summed E-state index contributed by atoms with van der Waals surface area (Å²) in [6.07, 6.45) is 0.148. The molecule has 2 saturated heterocycles. The monoisotopic (exact) mass is 254 g/mol. The summed E-state index contributed by atoms with van der Waals surface area (Å²) in [5, 5.41) is 0. The highest BCUT2D eigenvalue weighted by Gasteiger charge is 2.34. The Hall–Kier alpha value is -1.20. The molecule has 0 saturated carbocycles. The van der Waals surface area contributed by atoms with Gasteiger partial charge in [0.2, 0.25) is 0 Å². The van der Waals surface area contributed by atoms with Gasteiger partial charge in [0.25, 0.3) is 0 Å². The fourth-order valence-electron chi connectivity index (χ4n) is 2.83. The van der Waals surface area contributed by atoms with Gasteiger partial charge in [0.05, 0.1) is 17.9 Å². The summed E-state index contributed by atoms with van der Waals surface area (Å²) < 4.78 is 32.8. The number of rotatable bonds is 1. The van der Waals surface area contributed by atoms with Crippen molar-refractivity contribution in [3.8, 4) is 0 Å². The molecule has 2 aliphatic rings. The minimum absolute atomic E-state index is 0.0742. The molecule has 2 fully saturated rings. The van der Waals surface area contributed by atoms with E-state index in [2.05, 4.69) is 11.9 Å². The first kappa shape index (κ1) is 11.9. The molecule has 0 spiro atoms. The summed E-state index contributed by atoms with van der Waals surface area (Å²) in [7, 11) is 2.06. The van der Waals surface area contributed by atoms with Crippen molar-refractivity contribution in [2.24, 2.45) is 0 Å². The lowest BCUT2D eigenvalue weighted by Crippen LogP contribution is -2.58. The maximum absolute atomic E-state index is 13.8. The molecule has 1 aromatic carbocycles. The van der Waals surface area contributed by atoms with Crippen LogP contribution in [0.1, 0.15) is 0 Å². The van der Waals surface area contributed by atoms with E-state index in [0.29, 0.717) is 18.8 Å². The Morgan fingerprint density at radius 3 is 2.44 bits per heavy atom. The first-order valence-corrected chi connectivity index (χ1v) is 6.16. The SMILES string of the molecule is CN1CC2CN(c3cccc(F)c3F)CC(C1)O2. The topological polar surface area (TPSA) is 15.7 Å². The van der Waals surface area contributed by atoms with Gasteiger partial charge < -0.3 is 14.5 Å². The number of fused-ring (bicyclic) bond motifs is 2. The van der Waals surface area contributed by atoms with Gasteiger partial charge in [0.15, 0.2) is 11.6 Å². The van der Waals surface area contributed by atoms with E-state index in [9.17, 15) is 8.78 Å². The molecule has 0 aliphatic carbocycles. The van der Waals surface area contributed by atoms with Gasteiger partial charge in [0.1, 0.15) is 0 Å². The highest BCUT2D eigenvalue weighted by Crippen LogP contribution is 2.27. The Morgan fingerprint density at radius 1 is 1.11 bits per heavy atom. The molecule has 0 aromatic heterocycles. The number of morpholine rings is 2. The minimum atomic E-state index is -0.790. The number of hydrogen-bond donors (Lipinski definition) is 0. The molecule has 0 radical (unpaired) electrons. The van der Waals surface area contributed by atoms with E-state index in [1.807, 2.05) is 4.90 Å². The van der Waals surface area contributed by atoms with Crippen molar-refractivity contribution < 1.29 is 13.5 Å². The van der Waals surface area contributed by atoms with E-state index in [-0.39, 0.29) is 12.2 Å². The maximum Gasteiger partial charge on any atom is 0.182 e. The van der Waals surface area contributed by atoms with Crippen LogP contribution in [0.25, 0.3) is 0 Å². The predicted molar refractivity (Wildman–Crippen MR) is 64.7 cm³/mol. The first-order chi connectivity index (χ1) is 8.63. The average molecular weight is 254 g/mol. The number of likely N-dealkylation sites (N-methyl/N-ethyl adjacent to an activating group) is 1. The average Bonchev–Trinajstić information content (AvgIpc) is 2.31. The van der Waals surface area contributed by atoms with Crippen LogP contribution in [-0.2, 0) is 4.74 Å². The molecular formula is C13H16F2N2O. The van der Waals surface area contributed by atoms with Crippen molar-refractivity contribution in [2.75, 3.05) is 38.1 Å². The third-order valence-electron chi connectivity index (χ3n) is 3.54. The molecule has 2 atom stereocenters. The third-order valence-corrected chi connectivity index (χ3v) is 3.54. The number of anilines is 1. The molecule has 1 aromatic rings. The fraction of sp³-hybridized carbons (Fsp3) is 0.538. The van der Waals surface area contributed by atoms with E-state index in [0.717, 1.165) is 19.2 Å². The predicted octanol–water partition coefficient (Wildman–Crippen LogP) is 1.48. The van der Waals surface area contributed by atoms with Crippen molar-refractivity contribution in [1.82, 2.24) is 4.90 Å². The van der Waals surface area contributed by atoms with Crippen LogP contribution in [0.4, 0.5) is 14.5 Å². The smallest absolute Gasteiger partial charge is 0.182 e. The molecule has 3 nitrogen and oxygen atoms in total. The summed E-state index contributed by atoms with van der Waals surface area (Å²) >= 11 is 0. The molecule has 2 aliphatic heterocycles. The zero-order valence-corrected chi connectivity index (χ0v) is 10.3. The second-order valence-corrected chi connectivity index (χ2v) is 5.08. The standard InChI is InChI=1S/C13H16F2N2O/c1-16-5-9-7-17(8-10(6-16)18-9)12-4-2-3-11(14)13(12)15/h2-4,9-10H,5-8H2,1H3. The van der Waals surface area contributed by atoms with Crippen molar-refractivity contribution in [3.63, 3.8) is 0 Å². The Morgan fingerprint density at radius 2 is 1.78 bits per heavy atom. The quantitative estimate of drug-likeness (QED) is 0.755. The van der Waals surface area contributed by atoms with Crippen LogP contribution in [0.3, 0.4) is 0 Å². The van der Waals surface area contributed by atoms with Gasteiger partial charge >= 0.3 is 0 Å². The second kappa shape index (κ2) is 4.48. The van der Waals surface area contributed by atoms with Crippen LogP contribution >= 0.6 is 0 Å². The molecule has 0 amide bonds. The zero-order valence-electron chi connectivity index (χ0n) is 10.3. The molecule has 3 rings (SSSR count). The Kier molecular flexibility index (Phi) is 2.95. The number of hydrogen-bond acceptors (Lipinski definition) is 3. The Balaban J connectivity index is 1.84. The Labute approximate surface area is 105 Å². The van der Waals surface area contributed by atoms with Crippen molar-refractivity contribution in [1.29, 1.82) is 0 Å². The molecule has 2 heterocycles. The zero-order chi connectivity index (χ0) is 12.7. The second-order valence-electron chi connectivity index (χ2n) is 5.08. The molecule has 98 valence electrons. The maximum atomic E-state index is 13.8. The van der Waals surface area contributed by atoms with E-state index >= 15 is 0 Å². The summed E-state index contributed by atoms with van der Waals surface area (Å²) in [6, 6.07) is 4.32. The lowest BCUT2D eigenvalue weighted by atomic mass is 10.1. The van der Waals surface area contributed by atoms with E-state index in [4.69, 9.17) is 4.74 Å². The highest BCUT2D eigenvalue weighted by molar-refractivity contribution is 5.49. The lowest BCUT2D eigenvalue weighted by molar-refractivity contribution is -0.0876. The van der Waals surface area contributed by atoms with Gasteiger partial charge in [-0.15, -0.1) is 0 Å². The van der Waals surface area contributed by atoms with E-state index in [1.54, 1.807) is 12.1 Å². The van der Waals surface area contributed by atoms with Crippen LogP contribution in [-0.4, -0.2) is 50.3 Å². The molecule has 2 unspecified atom stereocenters. The van der Waals surface area contributed by atoms with Gasteiger partial charge in [-0.25, -0.2) is 8.78 Å². The normalized spacial score (nSPS) is 28.5. The Bertz CT molecular complexity index is 437. The lowest BCUT2D eigenvalue weighted by Gasteiger charge is -2.45. The summed E-state index contributed by atoms with van der Waals surface area (Å²) in [6.45, 7) is 2.90. The minimum Gasteiger partial charge on any atom is -0.369 e. The summed E-state index contributed by atoms with van der Waals surface area (Å²) in [5.41, 5.74) is 0.345. The number of nitrogens with zero attached hydrogens (tertiary/aromatic N) is 2. The van der Waals surface area contributed by atoms with Gasteiger partial charge in [-0.2, -0.15) is 0 Å². The molecule has 2 bridgehead atoms. The van der Waals surface area contributed by atoms with Crippen LogP contribution in [0.5, 0.6) is 0 Å². The first-order valence-electron chi connectivity index (χ1n) is 6.16. The van der Waals surface area contributed by atoms with Gasteiger partial charge in [0, 0.05) is 26.2 Å². The van der Waals surface area contributed by atoms with E-state index in [1.165, 1.54) is 0 Å². The highest BCUT2D eigenvalue weighted by atomic mass is 19.2. The van der Waals surface area contributed by atoms with Crippen molar-refractivity contribution in [2.45, 2.75) is 12.2 Å². The van der Waals surface area contributed by atoms with Crippen LogP contribution < -0.4 is 4.90 Å². The number of halogens is 2. The largest absolute Gasteiger partial charge is 0.369 e. The van der Waals surface area contributed by atoms with Gasteiger partial charge in [-0.3, -0.25) is 0 Å². The van der Waals surface area contributed by atoms with E-state index < -0.39 is 11.6 Å². The third kappa shape index (κ3) is 2.08. The van der Waals surface area contributed by atoms with Gasteiger partial charge in [-0.05, 0) is 19.2 Å². The molecule has 0 N–H and O–H groups in total. The summed E-state index contributed by atoms with van der Waals surface area (Å²) in [4.78, 5) is 4.11. The number of benzene rings is 1. The van der Waals surface area contributed by atoms with Crippen LogP contribution in [0, 0.1) is 11.6 Å². The summed E-state index contributed by atoms with van der Waals surface area (Å²) in [5.74, 6) is -1.55. The number of ether oxygens (including phenoxy) is 1. The molecule has 18 heavy (non-hydrogen) atoms. The fourth-order valence-corrected chi connectivity index (χ4v) is 2.83. The van der Waals surface area contributed by atoms with Crippen LogP contribution in [0.2, 0.25) is 0 Å². The molecule has 5 heteroatoms. The van der Waals surface area contributed by atoms with Crippen molar-refractivity contribution >= 4 is 5.69 Å². The van der Waals surface area contributed by atoms with Crippen molar-refractivity contribution in [3.05, 3.63) is 29.8 Å². The van der Waals surface area contributed by atoms with Crippen LogP contribution in [0.15, 0.2) is 18.2 Å². The van der Waals surface area contributed by atoms with Gasteiger partial charge in [-0.1, -0.05) is 6.07 Å². The molecular weight excluding hydrogens is 238 g/mol.